The van der Waals surface area contributed by atoms with Gasteiger partial charge in [0.25, 0.3) is 0 Å². The fraction of sp³-hybridized carbons (Fsp3) is 0.429. The molecule has 7 heteroatoms. The number of allylic oxidation sites excluding steroid dienone is 2. The number of aromatic nitrogens is 2. The topological polar surface area (TPSA) is 70.3 Å². The maximum absolute atomic E-state index is 6.24. The normalized spacial score (nSPS) is 23.7. The van der Waals surface area contributed by atoms with Crippen molar-refractivity contribution < 1.29 is 0 Å². The Labute approximate surface area is 212 Å². The Morgan fingerprint density at radius 1 is 1.09 bits per heavy atom. The number of thiophene rings is 1. The number of hydrogen-bond acceptors (Lipinski definition) is 7. The van der Waals surface area contributed by atoms with Crippen LogP contribution in [0.5, 0.6) is 0 Å². The second kappa shape index (κ2) is 10.5. The molecule has 1 saturated heterocycles. The molecule has 3 unspecified atom stereocenters. The largest absolute Gasteiger partial charge is 0.369 e. The van der Waals surface area contributed by atoms with E-state index in [2.05, 4.69) is 93.7 Å². The quantitative estimate of drug-likeness (QED) is 0.476. The summed E-state index contributed by atoms with van der Waals surface area (Å²) >= 11 is 1.69. The Morgan fingerprint density at radius 3 is 2.60 bits per heavy atom. The highest BCUT2D eigenvalue weighted by Gasteiger charge is 2.22. The lowest BCUT2D eigenvalue weighted by Gasteiger charge is -2.35. The Kier molecular flexibility index (Phi) is 7.18. The van der Waals surface area contributed by atoms with E-state index >= 15 is 0 Å². The maximum Gasteiger partial charge on any atom is 0.151 e. The van der Waals surface area contributed by atoms with Gasteiger partial charge in [0.2, 0.25) is 0 Å². The third-order valence-corrected chi connectivity index (χ3v) is 8.47. The molecule has 1 aliphatic carbocycles. The Morgan fingerprint density at radius 2 is 1.86 bits per heavy atom. The van der Waals surface area contributed by atoms with Crippen molar-refractivity contribution in [2.45, 2.75) is 33.2 Å². The number of nitrogens with one attached hydrogen (secondary N) is 1. The summed E-state index contributed by atoms with van der Waals surface area (Å²) in [5.74, 6) is 1.75. The van der Waals surface area contributed by atoms with Crippen LogP contribution in [-0.4, -0.2) is 53.6 Å². The lowest BCUT2D eigenvalue weighted by Crippen LogP contribution is -2.46. The third-order valence-electron chi connectivity index (χ3n) is 7.48. The van der Waals surface area contributed by atoms with Crippen LogP contribution in [0.4, 0.5) is 17.2 Å². The number of rotatable bonds is 6. The summed E-state index contributed by atoms with van der Waals surface area (Å²) in [5.41, 5.74) is 12.0. The summed E-state index contributed by atoms with van der Waals surface area (Å²) in [4.78, 5) is 14.1. The van der Waals surface area contributed by atoms with Crippen LogP contribution in [0.3, 0.4) is 0 Å². The molecule has 1 aliphatic heterocycles. The summed E-state index contributed by atoms with van der Waals surface area (Å²) in [5, 5.41) is 5.68. The fourth-order valence-corrected chi connectivity index (χ4v) is 5.98. The molecule has 3 atom stereocenters. The number of piperazine rings is 1. The highest BCUT2D eigenvalue weighted by molar-refractivity contribution is 7.18. The first-order valence-electron chi connectivity index (χ1n) is 12.7. The predicted molar refractivity (Wildman–Crippen MR) is 150 cm³/mol. The van der Waals surface area contributed by atoms with Gasteiger partial charge in [0.1, 0.15) is 6.33 Å². The third kappa shape index (κ3) is 5.27. The van der Waals surface area contributed by atoms with Crippen LogP contribution in [0.1, 0.15) is 32.8 Å². The van der Waals surface area contributed by atoms with Crippen molar-refractivity contribution in [1.82, 2.24) is 14.9 Å². The van der Waals surface area contributed by atoms with Crippen LogP contribution in [-0.2, 0) is 0 Å². The first-order valence-corrected chi connectivity index (χ1v) is 13.6. The molecule has 2 aliphatic rings. The van der Waals surface area contributed by atoms with Gasteiger partial charge in [-0.15, -0.1) is 11.3 Å². The number of nitrogens with two attached hydrogens (primary N) is 1. The molecule has 0 spiro atoms. The number of benzene rings is 1. The van der Waals surface area contributed by atoms with Crippen LogP contribution >= 0.6 is 11.3 Å². The molecule has 0 saturated carbocycles. The number of likely N-dealkylation sites (N-methyl/N-ethyl adjacent to an activating group) is 1. The van der Waals surface area contributed by atoms with Crippen LogP contribution < -0.4 is 16.0 Å². The minimum atomic E-state index is 0.255. The van der Waals surface area contributed by atoms with Crippen molar-refractivity contribution in [2.75, 3.05) is 42.9 Å². The molecule has 0 radical (unpaired) electrons. The van der Waals surface area contributed by atoms with E-state index in [1.165, 1.54) is 11.3 Å². The van der Waals surface area contributed by atoms with Gasteiger partial charge in [-0.1, -0.05) is 39.0 Å². The molecular weight excluding hydrogens is 452 g/mol. The summed E-state index contributed by atoms with van der Waals surface area (Å²) in [6.07, 6.45) is 9.43. The highest BCUT2D eigenvalue weighted by Crippen LogP contribution is 2.34. The van der Waals surface area contributed by atoms with Crippen molar-refractivity contribution >= 4 is 44.8 Å². The van der Waals surface area contributed by atoms with Gasteiger partial charge in [-0.05, 0) is 54.6 Å². The van der Waals surface area contributed by atoms with E-state index in [0.717, 1.165) is 66.4 Å². The van der Waals surface area contributed by atoms with Crippen molar-refractivity contribution in [2.24, 2.45) is 17.6 Å². The van der Waals surface area contributed by atoms with Gasteiger partial charge in [-0.2, -0.15) is 0 Å². The van der Waals surface area contributed by atoms with Crippen molar-refractivity contribution in [3.63, 3.8) is 0 Å². The van der Waals surface area contributed by atoms with E-state index in [0.29, 0.717) is 11.8 Å². The van der Waals surface area contributed by atoms with Gasteiger partial charge in [-0.25, -0.2) is 9.97 Å². The van der Waals surface area contributed by atoms with Crippen molar-refractivity contribution in [3.05, 3.63) is 59.3 Å². The van der Waals surface area contributed by atoms with Gasteiger partial charge in [0, 0.05) is 54.5 Å². The molecule has 0 amide bonds. The fourth-order valence-electron chi connectivity index (χ4n) is 5.05. The van der Waals surface area contributed by atoms with E-state index in [-0.39, 0.29) is 6.04 Å². The van der Waals surface area contributed by atoms with Gasteiger partial charge in [0.15, 0.2) is 5.82 Å². The van der Waals surface area contributed by atoms with Gasteiger partial charge in [0.05, 0.1) is 10.2 Å². The van der Waals surface area contributed by atoms with Gasteiger partial charge in [-0.3, -0.25) is 0 Å². The molecule has 5 rings (SSSR count). The molecule has 35 heavy (non-hydrogen) atoms. The molecule has 6 nitrogen and oxygen atoms in total. The maximum atomic E-state index is 6.24. The molecule has 3 N–H and O–H groups in total. The zero-order valence-electron chi connectivity index (χ0n) is 20.9. The Hall–Kier alpha value is -2.74. The minimum absolute atomic E-state index is 0.255. The monoisotopic (exact) mass is 488 g/mol. The summed E-state index contributed by atoms with van der Waals surface area (Å²) in [6.45, 7) is 12.3. The summed E-state index contributed by atoms with van der Waals surface area (Å²) in [7, 11) is 0. The lowest BCUT2D eigenvalue weighted by molar-refractivity contribution is 0.271. The smallest absolute Gasteiger partial charge is 0.151 e. The number of fused-ring (bicyclic) bond motifs is 1. The first-order chi connectivity index (χ1) is 17.0. The summed E-state index contributed by atoms with van der Waals surface area (Å²) in [6, 6.07) is 8.96. The van der Waals surface area contributed by atoms with E-state index < -0.39 is 0 Å². The van der Waals surface area contributed by atoms with Crippen LogP contribution in [0.2, 0.25) is 0 Å². The molecule has 2 aromatic heterocycles. The van der Waals surface area contributed by atoms with E-state index in [1.807, 2.05) is 0 Å². The van der Waals surface area contributed by atoms with Crippen LogP contribution in [0, 0.1) is 11.8 Å². The molecule has 1 fully saturated rings. The zero-order chi connectivity index (χ0) is 24.4. The predicted octanol–water partition coefficient (Wildman–Crippen LogP) is 5.52. The molecular formula is C28H36N6S. The van der Waals surface area contributed by atoms with E-state index in [4.69, 9.17) is 5.73 Å². The molecule has 0 bridgehead atoms. The van der Waals surface area contributed by atoms with Crippen LogP contribution in [0.15, 0.2) is 53.7 Å². The van der Waals surface area contributed by atoms with E-state index in [1.54, 1.807) is 17.7 Å². The molecule has 184 valence electrons. The number of anilines is 3. The van der Waals surface area contributed by atoms with Crippen molar-refractivity contribution in [1.29, 1.82) is 0 Å². The van der Waals surface area contributed by atoms with E-state index in [9.17, 15) is 0 Å². The van der Waals surface area contributed by atoms with Gasteiger partial charge >= 0.3 is 0 Å². The van der Waals surface area contributed by atoms with Gasteiger partial charge < -0.3 is 20.9 Å². The lowest BCUT2D eigenvalue weighted by atomic mass is 9.81. The summed E-state index contributed by atoms with van der Waals surface area (Å²) < 4.78 is 1.08. The average molecular weight is 489 g/mol. The van der Waals surface area contributed by atoms with Crippen molar-refractivity contribution in [3.8, 4) is 0 Å². The molecule has 1 aromatic carbocycles. The number of nitrogens with zero attached hydrogens (tertiary/aromatic N) is 4. The molecule has 3 heterocycles. The first kappa shape index (κ1) is 24.0. The second-order valence-corrected chi connectivity index (χ2v) is 10.7. The van der Waals surface area contributed by atoms with Crippen LogP contribution in [0.25, 0.3) is 16.3 Å². The second-order valence-electron chi connectivity index (χ2n) is 9.84. The zero-order valence-corrected chi connectivity index (χ0v) is 21.8. The standard InChI is InChI=1S/C28H36N6S/c1-4-33-11-13-34(14-12-33)24-9-7-23(8-10-24)32-28-27-26(30-18-31-28)22(17-35-27)6-5-21-15-20(3)25(29)16-19(21)2/h5-10,15,17-20,25H,4,11-14,16,29H2,1-3H3,(H,30,31,32)/b6-5+. The Bertz CT molecular complexity index is 1210. The molecule has 3 aromatic rings. The minimum Gasteiger partial charge on any atom is -0.369 e. The SMILES string of the molecule is CCN1CCN(c2ccc(Nc3ncnc4c(/C=C/C5=CC(C)C(N)CC5C)csc34)cc2)CC1. The highest BCUT2D eigenvalue weighted by atomic mass is 32.1. The number of hydrogen-bond donors (Lipinski definition) is 2. The average Bonchev–Trinajstić information content (AvgIpc) is 3.30. The Balaban J connectivity index is 1.30.